The van der Waals surface area contributed by atoms with Gasteiger partial charge in [0.25, 0.3) is 5.91 Å². The lowest BCUT2D eigenvalue weighted by atomic mass is 10.0. The van der Waals surface area contributed by atoms with Crippen LogP contribution in [0.3, 0.4) is 0 Å². The average molecular weight is 369 g/mol. The summed E-state index contributed by atoms with van der Waals surface area (Å²) in [7, 11) is -3.30. The van der Waals surface area contributed by atoms with Crippen LogP contribution in [-0.4, -0.2) is 71.9 Å². The third kappa shape index (κ3) is 3.56. The molecule has 2 saturated heterocycles. The van der Waals surface area contributed by atoms with Gasteiger partial charge in [-0.3, -0.25) is 9.59 Å². The van der Waals surface area contributed by atoms with Gasteiger partial charge in [0.05, 0.1) is 29.3 Å². The van der Waals surface area contributed by atoms with Gasteiger partial charge in [0, 0.05) is 25.6 Å². The first-order chi connectivity index (χ1) is 11.7. The van der Waals surface area contributed by atoms with Crippen molar-refractivity contribution in [2.75, 3.05) is 24.6 Å². The Morgan fingerprint density at radius 1 is 1.24 bits per heavy atom. The minimum Gasteiger partial charge on any atom is -0.351 e. The van der Waals surface area contributed by atoms with Crippen LogP contribution in [0.4, 0.5) is 0 Å². The molecule has 2 amide bonds. The molecule has 1 aromatic rings. The molecule has 0 saturated carbocycles. The topological polar surface area (TPSA) is 101 Å². The number of piperazine rings is 1. The van der Waals surface area contributed by atoms with E-state index in [1.54, 1.807) is 11.8 Å². The van der Waals surface area contributed by atoms with Crippen molar-refractivity contribution < 1.29 is 22.5 Å². The first-order valence-electron chi connectivity index (χ1n) is 8.42. The summed E-state index contributed by atoms with van der Waals surface area (Å²) in [6.45, 7) is 6.24. The Morgan fingerprint density at radius 2 is 1.84 bits per heavy atom. The van der Waals surface area contributed by atoms with E-state index >= 15 is 0 Å². The van der Waals surface area contributed by atoms with E-state index in [0.29, 0.717) is 25.2 Å². The minimum absolute atomic E-state index is 0.0512. The van der Waals surface area contributed by atoms with E-state index in [2.05, 4.69) is 5.16 Å². The predicted molar refractivity (Wildman–Crippen MR) is 89.7 cm³/mol. The van der Waals surface area contributed by atoms with Crippen molar-refractivity contribution >= 4 is 21.7 Å². The molecule has 0 unspecified atom stereocenters. The zero-order chi connectivity index (χ0) is 18.4. The molecule has 0 spiro atoms. The number of aryl methyl sites for hydroxylation is 1. The molecule has 3 rings (SSSR count). The predicted octanol–water partition coefficient (Wildman–Crippen LogP) is 0.479. The first kappa shape index (κ1) is 17.9. The van der Waals surface area contributed by atoms with Gasteiger partial charge in [-0.05, 0) is 12.8 Å². The van der Waals surface area contributed by atoms with E-state index in [0.717, 1.165) is 0 Å². The van der Waals surface area contributed by atoms with Crippen molar-refractivity contribution in [1.82, 2.24) is 15.0 Å². The number of carbonyl (C=O) groups excluding carboxylic acids is 2. The summed E-state index contributed by atoms with van der Waals surface area (Å²) in [6, 6.07) is 0.516. The van der Waals surface area contributed by atoms with Crippen LogP contribution in [-0.2, 0) is 14.6 Å². The third-order valence-electron chi connectivity index (χ3n) is 4.68. The quantitative estimate of drug-likeness (QED) is 0.768. The SMILES string of the molecule is Cc1cc(C(=O)N2CCN(C(=O)CC(C)C)[C@@H]3CS(=O)(=O)C[C@@H]32)on1. The van der Waals surface area contributed by atoms with Crippen LogP contribution >= 0.6 is 0 Å². The fourth-order valence-corrected chi connectivity index (χ4v) is 5.57. The summed E-state index contributed by atoms with van der Waals surface area (Å²) in [5.74, 6) is -0.348. The minimum atomic E-state index is -3.30. The second-order valence-corrected chi connectivity index (χ2v) is 9.38. The number of nitrogens with zero attached hydrogens (tertiary/aromatic N) is 3. The van der Waals surface area contributed by atoms with Gasteiger partial charge in [0.2, 0.25) is 11.7 Å². The molecule has 0 N–H and O–H groups in total. The second-order valence-electron chi connectivity index (χ2n) is 7.23. The van der Waals surface area contributed by atoms with Gasteiger partial charge >= 0.3 is 0 Å². The Labute approximate surface area is 147 Å². The molecule has 8 nitrogen and oxygen atoms in total. The van der Waals surface area contributed by atoms with E-state index in [-0.39, 0.29) is 35.0 Å². The van der Waals surface area contributed by atoms with Crippen LogP contribution in [0.15, 0.2) is 10.6 Å². The number of sulfone groups is 1. The van der Waals surface area contributed by atoms with Gasteiger partial charge in [-0.15, -0.1) is 0 Å². The number of rotatable bonds is 3. The van der Waals surface area contributed by atoms with E-state index in [4.69, 9.17) is 4.52 Å². The molecule has 2 aliphatic heterocycles. The lowest BCUT2D eigenvalue weighted by molar-refractivity contribution is -0.137. The summed E-state index contributed by atoms with van der Waals surface area (Å²) >= 11 is 0. The van der Waals surface area contributed by atoms with Crippen LogP contribution in [0.5, 0.6) is 0 Å². The highest BCUT2D eigenvalue weighted by atomic mass is 32.2. The Kier molecular flexibility index (Phi) is 4.61. The highest BCUT2D eigenvalue weighted by Gasteiger charge is 2.49. The fourth-order valence-electron chi connectivity index (χ4n) is 3.59. The van der Waals surface area contributed by atoms with E-state index in [1.165, 1.54) is 11.0 Å². The largest absolute Gasteiger partial charge is 0.351 e. The highest BCUT2D eigenvalue weighted by molar-refractivity contribution is 7.91. The monoisotopic (exact) mass is 369 g/mol. The van der Waals surface area contributed by atoms with E-state index in [1.807, 2.05) is 13.8 Å². The normalized spacial score (nSPS) is 25.3. The summed E-state index contributed by atoms with van der Waals surface area (Å²) in [5.41, 5.74) is 0.588. The summed E-state index contributed by atoms with van der Waals surface area (Å²) in [5, 5.41) is 3.72. The van der Waals surface area contributed by atoms with E-state index < -0.39 is 21.9 Å². The Morgan fingerprint density at radius 3 is 2.40 bits per heavy atom. The van der Waals surface area contributed by atoms with Gasteiger partial charge in [-0.2, -0.15) is 0 Å². The van der Waals surface area contributed by atoms with Crippen LogP contribution in [0, 0.1) is 12.8 Å². The molecule has 0 aromatic carbocycles. The summed E-state index contributed by atoms with van der Waals surface area (Å²) in [4.78, 5) is 28.4. The smallest absolute Gasteiger partial charge is 0.292 e. The second kappa shape index (κ2) is 6.44. The molecule has 2 fully saturated rings. The molecule has 138 valence electrons. The average Bonchev–Trinajstić information content (AvgIpc) is 3.06. The van der Waals surface area contributed by atoms with Crippen LogP contribution < -0.4 is 0 Å². The van der Waals surface area contributed by atoms with Gasteiger partial charge in [-0.1, -0.05) is 19.0 Å². The fraction of sp³-hybridized carbons (Fsp3) is 0.688. The molecular formula is C16H23N3O5S. The van der Waals surface area contributed by atoms with Crippen molar-refractivity contribution in [1.29, 1.82) is 0 Å². The molecule has 0 radical (unpaired) electrons. The van der Waals surface area contributed by atoms with Gasteiger partial charge in [-0.25, -0.2) is 8.42 Å². The maximum Gasteiger partial charge on any atom is 0.292 e. The van der Waals surface area contributed by atoms with Crippen LogP contribution in [0.25, 0.3) is 0 Å². The van der Waals surface area contributed by atoms with Gasteiger partial charge in [0.1, 0.15) is 0 Å². The van der Waals surface area contributed by atoms with E-state index in [9.17, 15) is 18.0 Å². The number of amides is 2. The molecule has 0 aliphatic carbocycles. The number of hydrogen-bond acceptors (Lipinski definition) is 6. The number of carbonyl (C=O) groups is 2. The number of hydrogen-bond donors (Lipinski definition) is 0. The highest BCUT2D eigenvalue weighted by Crippen LogP contribution is 2.29. The van der Waals surface area contributed by atoms with Crippen LogP contribution in [0.1, 0.15) is 36.5 Å². The van der Waals surface area contributed by atoms with Crippen molar-refractivity contribution in [3.63, 3.8) is 0 Å². The molecule has 25 heavy (non-hydrogen) atoms. The molecule has 0 bridgehead atoms. The Hall–Kier alpha value is -1.90. The van der Waals surface area contributed by atoms with Crippen molar-refractivity contribution in [2.45, 2.75) is 39.3 Å². The van der Waals surface area contributed by atoms with Gasteiger partial charge in [0.15, 0.2) is 9.84 Å². The standard InChI is InChI=1S/C16H23N3O5S/c1-10(2)6-15(20)18-4-5-19(13-9-25(22,23)8-12(13)18)16(21)14-7-11(3)17-24-14/h7,10,12-13H,4-6,8-9H2,1-3H3/t12-,13+/m1/s1. The molecule has 3 heterocycles. The number of aromatic nitrogens is 1. The zero-order valence-corrected chi connectivity index (χ0v) is 15.5. The summed E-state index contributed by atoms with van der Waals surface area (Å²) < 4.78 is 29.4. The molecule has 2 aliphatic rings. The maximum atomic E-state index is 12.7. The first-order valence-corrected chi connectivity index (χ1v) is 10.2. The zero-order valence-electron chi connectivity index (χ0n) is 14.6. The third-order valence-corrected chi connectivity index (χ3v) is 6.38. The van der Waals surface area contributed by atoms with Crippen LogP contribution in [0.2, 0.25) is 0 Å². The molecule has 2 atom stereocenters. The van der Waals surface area contributed by atoms with Crippen molar-refractivity contribution in [3.8, 4) is 0 Å². The van der Waals surface area contributed by atoms with Crippen molar-refractivity contribution in [3.05, 3.63) is 17.5 Å². The van der Waals surface area contributed by atoms with Gasteiger partial charge < -0.3 is 14.3 Å². The molecule has 9 heteroatoms. The summed E-state index contributed by atoms with van der Waals surface area (Å²) in [6.07, 6.45) is 0.374. The maximum absolute atomic E-state index is 12.7. The molecular weight excluding hydrogens is 346 g/mol. The lowest BCUT2D eigenvalue weighted by Crippen LogP contribution is -2.62. The lowest BCUT2D eigenvalue weighted by Gasteiger charge is -2.43. The molecule has 1 aromatic heterocycles. The number of fused-ring (bicyclic) bond motifs is 1. The Bertz CT molecular complexity index is 785. The van der Waals surface area contributed by atoms with Crippen molar-refractivity contribution in [2.24, 2.45) is 5.92 Å². The Balaban J connectivity index is 1.85.